The fraction of sp³-hybridized carbons (Fsp3) is 0. The molecule has 0 fully saturated rings. The maximum Gasteiger partial charge on any atom is 0.211 e. The second-order valence-corrected chi connectivity index (χ2v) is 8.19. The third kappa shape index (κ3) is 3.25. The Morgan fingerprint density at radius 3 is 2.23 bits per heavy atom. The first-order chi connectivity index (χ1) is 15.3. The van der Waals surface area contributed by atoms with Crippen molar-refractivity contribution in [3.8, 4) is 38.9 Å². The standard InChI is InChI=1S/C26H18N4S/c1-3-7-18(8-4-1)23-16-25(21-11-12-22-20(15-21)13-14-27-22)30(29-23)26-28-24(17-31-26)19-9-5-2-6-10-19/h1-17,27H. The van der Waals surface area contributed by atoms with E-state index in [2.05, 4.69) is 65.0 Å². The number of nitrogens with zero attached hydrogens (tertiary/aromatic N) is 3. The molecule has 0 bridgehead atoms. The summed E-state index contributed by atoms with van der Waals surface area (Å²) in [7, 11) is 0. The molecule has 4 nitrogen and oxygen atoms in total. The maximum absolute atomic E-state index is 4.96. The average molecular weight is 419 g/mol. The van der Waals surface area contributed by atoms with Gasteiger partial charge in [0.05, 0.1) is 17.1 Å². The van der Waals surface area contributed by atoms with Gasteiger partial charge < -0.3 is 4.98 Å². The molecule has 0 aliphatic rings. The number of rotatable bonds is 4. The van der Waals surface area contributed by atoms with Crippen molar-refractivity contribution in [2.75, 3.05) is 0 Å². The summed E-state index contributed by atoms with van der Waals surface area (Å²) < 4.78 is 1.97. The van der Waals surface area contributed by atoms with E-state index in [9.17, 15) is 0 Å². The van der Waals surface area contributed by atoms with Gasteiger partial charge in [0.1, 0.15) is 0 Å². The molecule has 6 rings (SSSR count). The quantitative estimate of drug-likeness (QED) is 0.342. The first-order valence-corrected chi connectivity index (χ1v) is 11.0. The highest BCUT2D eigenvalue weighted by Gasteiger charge is 2.16. The van der Waals surface area contributed by atoms with E-state index in [0.29, 0.717) is 0 Å². The van der Waals surface area contributed by atoms with Gasteiger partial charge in [-0.1, -0.05) is 66.7 Å². The number of hydrogen-bond donors (Lipinski definition) is 1. The van der Waals surface area contributed by atoms with E-state index in [1.807, 2.05) is 47.3 Å². The Kier molecular flexibility index (Phi) is 4.25. The zero-order valence-corrected chi connectivity index (χ0v) is 17.4. The van der Waals surface area contributed by atoms with Crippen LogP contribution in [0.5, 0.6) is 0 Å². The van der Waals surface area contributed by atoms with E-state index >= 15 is 0 Å². The second-order valence-electron chi connectivity index (χ2n) is 7.35. The molecule has 3 aromatic heterocycles. The molecule has 0 amide bonds. The fourth-order valence-corrected chi connectivity index (χ4v) is 4.59. The molecule has 0 saturated heterocycles. The lowest BCUT2D eigenvalue weighted by molar-refractivity contribution is 0.881. The Morgan fingerprint density at radius 2 is 1.45 bits per heavy atom. The third-order valence-electron chi connectivity index (χ3n) is 5.37. The van der Waals surface area contributed by atoms with Gasteiger partial charge in [0, 0.05) is 39.2 Å². The number of aromatic nitrogens is 4. The van der Waals surface area contributed by atoms with Gasteiger partial charge in [-0.25, -0.2) is 9.67 Å². The van der Waals surface area contributed by atoms with Gasteiger partial charge in [-0.3, -0.25) is 0 Å². The van der Waals surface area contributed by atoms with Crippen LogP contribution in [0.3, 0.4) is 0 Å². The molecule has 0 radical (unpaired) electrons. The summed E-state index contributed by atoms with van der Waals surface area (Å²) in [5, 5.41) is 9.08. The molecule has 3 aromatic carbocycles. The normalized spacial score (nSPS) is 11.2. The number of hydrogen-bond acceptors (Lipinski definition) is 3. The van der Waals surface area contributed by atoms with Crippen LogP contribution in [0.1, 0.15) is 0 Å². The van der Waals surface area contributed by atoms with Crippen molar-refractivity contribution in [2.24, 2.45) is 0 Å². The molecule has 0 saturated carbocycles. The van der Waals surface area contributed by atoms with Crippen LogP contribution in [0.25, 0.3) is 49.8 Å². The first-order valence-electron chi connectivity index (χ1n) is 10.1. The topological polar surface area (TPSA) is 46.5 Å². The first kappa shape index (κ1) is 17.9. The fourth-order valence-electron chi connectivity index (χ4n) is 3.80. The maximum atomic E-state index is 4.96. The van der Waals surface area contributed by atoms with Crippen molar-refractivity contribution < 1.29 is 0 Å². The zero-order valence-electron chi connectivity index (χ0n) is 16.6. The number of fused-ring (bicyclic) bond motifs is 1. The zero-order chi connectivity index (χ0) is 20.6. The van der Waals surface area contributed by atoms with E-state index in [0.717, 1.165) is 44.4 Å². The van der Waals surface area contributed by atoms with E-state index in [1.165, 1.54) is 5.39 Å². The summed E-state index contributed by atoms with van der Waals surface area (Å²) in [5.74, 6) is 0. The van der Waals surface area contributed by atoms with Gasteiger partial charge in [0.15, 0.2) is 0 Å². The summed E-state index contributed by atoms with van der Waals surface area (Å²) in [5.41, 5.74) is 7.35. The van der Waals surface area contributed by atoms with Crippen molar-refractivity contribution >= 4 is 22.2 Å². The molecule has 5 heteroatoms. The van der Waals surface area contributed by atoms with E-state index in [1.54, 1.807) is 11.3 Å². The molecule has 6 aromatic rings. The lowest BCUT2D eigenvalue weighted by Gasteiger charge is -2.05. The van der Waals surface area contributed by atoms with Gasteiger partial charge in [-0.15, -0.1) is 11.3 Å². The minimum Gasteiger partial charge on any atom is -0.361 e. The van der Waals surface area contributed by atoms with Crippen LogP contribution in [0.2, 0.25) is 0 Å². The van der Waals surface area contributed by atoms with Crippen LogP contribution < -0.4 is 0 Å². The van der Waals surface area contributed by atoms with Gasteiger partial charge in [-0.2, -0.15) is 5.10 Å². The smallest absolute Gasteiger partial charge is 0.211 e. The lowest BCUT2D eigenvalue weighted by atomic mass is 10.1. The largest absolute Gasteiger partial charge is 0.361 e. The van der Waals surface area contributed by atoms with Gasteiger partial charge in [0.25, 0.3) is 0 Å². The molecule has 1 N–H and O–H groups in total. The average Bonchev–Trinajstić information content (AvgIpc) is 3.59. The summed E-state index contributed by atoms with van der Waals surface area (Å²) in [6.07, 6.45) is 1.97. The molecule has 0 spiro atoms. The molecular formula is C26H18N4S. The number of benzene rings is 3. The van der Waals surface area contributed by atoms with Crippen molar-refractivity contribution in [3.05, 3.63) is 103 Å². The van der Waals surface area contributed by atoms with Crippen LogP contribution in [0.4, 0.5) is 0 Å². The molecular weight excluding hydrogens is 400 g/mol. The third-order valence-corrected chi connectivity index (χ3v) is 6.19. The Hall–Kier alpha value is -3.96. The molecule has 148 valence electrons. The van der Waals surface area contributed by atoms with E-state index in [4.69, 9.17) is 10.1 Å². The van der Waals surface area contributed by atoms with Crippen molar-refractivity contribution in [1.82, 2.24) is 19.7 Å². The van der Waals surface area contributed by atoms with Crippen LogP contribution in [-0.2, 0) is 0 Å². The summed E-state index contributed by atoms with van der Waals surface area (Å²) in [4.78, 5) is 8.17. The molecule has 3 heterocycles. The monoisotopic (exact) mass is 418 g/mol. The predicted octanol–water partition coefficient (Wildman–Crippen LogP) is 6.81. The SMILES string of the molecule is c1ccc(-c2csc(-n3nc(-c4ccccc4)cc3-c3ccc4[nH]ccc4c3)n2)cc1. The Balaban J connectivity index is 1.52. The number of aromatic amines is 1. The molecule has 0 atom stereocenters. The van der Waals surface area contributed by atoms with Crippen molar-refractivity contribution in [1.29, 1.82) is 0 Å². The molecule has 31 heavy (non-hydrogen) atoms. The summed E-state index contributed by atoms with van der Waals surface area (Å²) >= 11 is 1.60. The summed E-state index contributed by atoms with van der Waals surface area (Å²) in [6.45, 7) is 0. The van der Waals surface area contributed by atoms with Crippen LogP contribution in [0.15, 0.2) is 103 Å². The van der Waals surface area contributed by atoms with Crippen LogP contribution in [-0.4, -0.2) is 19.7 Å². The Morgan fingerprint density at radius 1 is 0.710 bits per heavy atom. The van der Waals surface area contributed by atoms with Crippen LogP contribution >= 0.6 is 11.3 Å². The van der Waals surface area contributed by atoms with E-state index in [-0.39, 0.29) is 0 Å². The molecule has 0 aliphatic heterocycles. The number of H-pyrrole nitrogens is 1. The number of thiazole rings is 1. The predicted molar refractivity (Wildman–Crippen MR) is 127 cm³/mol. The minimum absolute atomic E-state index is 0.852. The van der Waals surface area contributed by atoms with Gasteiger partial charge >= 0.3 is 0 Å². The number of nitrogens with one attached hydrogen (secondary N) is 1. The van der Waals surface area contributed by atoms with Gasteiger partial charge in [0.2, 0.25) is 5.13 Å². The highest BCUT2D eigenvalue weighted by atomic mass is 32.1. The lowest BCUT2D eigenvalue weighted by Crippen LogP contribution is -1.99. The molecule has 0 aliphatic carbocycles. The minimum atomic E-state index is 0.852. The highest BCUT2D eigenvalue weighted by Crippen LogP contribution is 2.32. The van der Waals surface area contributed by atoms with Crippen LogP contribution in [0, 0.1) is 0 Å². The van der Waals surface area contributed by atoms with Crippen molar-refractivity contribution in [3.63, 3.8) is 0 Å². The Bertz CT molecular complexity index is 1480. The van der Waals surface area contributed by atoms with Crippen molar-refractivity contribution in [2.45, 2.75) is 0 Å². The van der Waals surface area contributed by atoms with E-state index < -0.39 is 0 Å². The highest BCUT2D eigenvalue weighted by molar-refractivity contribution is 7.12. The molecule has 0 unspecified atom stereocenters. The Labute approximate surface area is 183 Å². The summed E-state index contributed by atoms with van der Waals surface area (Å²) in [6, 6.07) is 31.2. The van der Waals surface area contributed by atoms with Gasteiger partial charge in [-0.05, 0) is 24.3 Å². The second kappa shape index (κ2) is 7.38.